The molecule has 2 aromatic rings. The normalized spacial score (nSPS) is 18.4. The number of carbonyl (C=O) groups is 2. The van der Waals surface area contributed by atoms with Crippen molar-refractivity contribution in [2.45, 2.75) is 32.9 Å². The number of likely N-dealkylation sites (N-methyl/N-ethyl adjacent to an activating group) is 1. The molecule has 0 saturated heterocycles. The quantitative estimate of drug-likeness (QED) is 0.681. The summed E-state index contributed by atoms with van der Waals surface area (Å²) in [5.74, 6) is 6.50. The van der Waals surface area contributed by atoms with E-state index in [0.717, 1.165) is 5.56 Å². The first kappa shape index (κ1) is 25.1. The van der Waals surface area contributed by atoms with E-state index in [4.69, 9.17) is 9.47 Å². The van der Waals surface area contributed by atoms with Gasteiger partial charge in [0.05, 0.1) is 31.9 Å². The summed E-state index contributed by atoms with van der Waals surface area (Å²) in [5.41, 5.74) is 1.54. The number of aromatic nitrogens is 1. The average molecular weight is 466 g/mol. The molecular formula is C26H31N3O5. The van der Waals surface area contributed by atoms with Crippen LogP contribution in [0.4, 0.5) is 0 Å². The number of benzene rings is 1. The Balaban J connectivity index is 2.02. The largest absolute Gasteiger partial charge is 0.495 e. The molecule has 8 nitrogen and oxygen atoms in total. The number of nitrogens with zero attached hydrogens (tertiary/aromatic N) is 3. The van der Waals surface area contributed by atoms with Gasteiger partial charge in [-0.3, -0.25) is 9.59 Å². The zero-order chi connectivity index (χ0) is 24.8. The highest BCUT2D eigenvalue weighted by Crippen LogP contribution is 2.27. The number of carbonyl (C=O) groups excluding carboxylic acids is 2. The monoisotopic (exact) mass is 465 g/mol. The van der Waals surface area contributed by atoms with Gasteiger partial charge in [-0.15, -0.1) is 0 Å². The van der Waals surface area contributed by atoms with Crippen LogP contribution in [0.15, 0.2) is 36.5 Å². The van der Waals surface area contributed by atoms with Gasteiger partial charge >= 0.3 is 0 Å². The van der Waals surface area contributed by atoms with Gasteiger partial charge in [0.2, 0.25) is 11.8 Å². The highest BCUT2D eigenvalue weighted by Gasteiger charge is 2.34. The molecule has 0 radical (unpaired) electrons. The van der Waals surface area contributed by atoms with Crippen molar-refractivity contribution in [1.29, 1.82) is 0 Å². The molecule has 8 heteroatoms. The molecule has 0 spiro atoms. The summed E-state index contributed by atoms with van der Waals surface area (Å²) >= 11 is 0. The van der Waals surface area contributed by atoms with Crippen molar-refractivity contribution in [1.82, 2.24) is 14.8 Å². The van der Waals surface area contributed by atoms with E-state index in [1.165, 1.54) is 6.92 Å². The molecule has 1 aromatic heterocycles. The number of pyridine rings is 1. The van der Waals surface area contributed by atoms with Gasteiger partial charge in [-0.2, -0.15) is 0 Å². The van der Waals surface area contributed by atoms with Crippen molar-refractivity contribution in [2.24, 2.45) is 5.92 Å². The van der Waals surface area contributed by atoms with Crippen molar-refractivity contribution in [2.75, 3.05) is 33.9 Å². The number of ether oxygens (including phenoxy) is 2. The lowest BCUT2D eigenvalue weighted by molar-refractivity contribution is -0.129. The molecule has 0 saturated carbocycles. The van der Waals surface area contributed by atoms with Crippen LogP contribution in [0.3, 0.4) is 0 Å². The predicted molar refractivity (Wildman–Crippen MR) is 128 cm³/mol. The van der Waals surface area contributed by atoms with Crippen molar-refractivity contribution >= 4 is 11.8 Å². The molecular weight excluding hydrogens is 434 g/mol. The number of hydrogen-bond acceptors (Lipinski definition) is 6. The van der Waals surface area contributed by atoms with Crippen LogP contribution in [0, 0.1) is 17.8 Å². The molecule has 34 heavy (non-hydrogen) atoms. The Hall–Kier alpha value is -3.57. The van der Waals surface area contributed by atoms with Gasteiger partial charge in [0, 0.05) is 38.2 Å². The fraction of sp³-hybridized carbons (Fsp3) is 0.423. The zero-order valence-electron chi connectivity index (χ0n) is 20.2. The molecule has 0 bridgehead atoms. The summed E-state index contributed by atoms with van der Waals surface area (Å²) < 4.78 is 11.5. The molecule has 1 aliphatic heterocycles. The van der Waals surface area contributed by atoms with Crippen LogP contribution in [-0.4, -0.2) is 77.7 Å². The Bertz CT molecular complexity index is 1110. The minimum absolute atomic E-state index is 0.0790. The minimum Gasteiger partial charge on any atom is -0.495 e. The van der Waals surface area contributed by atoms with E-state index in [0.29, 0.717) is 24.4 Å². The number of aliphatic hydroxyl groups is 1. The van der Waals surface area contributed by atoms with Gasteiger partial charge < -0.3 is 24.4 Å². The summed E-state index contributed by atoms with van der Waals surface area (Å²) in [4.78, 5) is 32.9. The van der Waals surface area contributed by atoms with Gasteiger partial charge in [-0.25, -0.2) is 4.98 Å². The molecule has 1 aliphatic rings. The molecule has 0 aliphatic carbocycles. The maximum atomic E-state index is 13.5. The summed E-state index contributed by atoms with van der Waals surface area (Å²) in [6.45, 7) is 5.79. The SMILES string of the molecule is COc1ccccc1C#Cc1cnc2c(c1)C(=O)N([C@@H](C)CO)C[C@H](C)[C@@H](CN(C)C(C)=O)O2. The molecule has 1 aromatic carbocycles. The lowest BCUT2D eigenvalue weighted by atomic mass is 10.00. The van der Waals surface area contributed by atoms with Crippen LogP contribution >= 0.6 is 0 Å². The van der Waals surface area contributed by atoms with Crippen LogP contribution in [0.5, 0.6) is 11.6 Å². The van der Waals surface area contributed by atoms with Crippen LogP contribution in [-0.2, 0) is 4.79 Å². The van der Waals surface area contributed by atoms with E-state index in [1.807, 2.05) is 31.2 Å². The smallest absolute Gasteiger partial charge is 0.259 e. The van der Waals surface area contributed by atoms with Gasteiger partial charge in [0.25, 0.3) is 5.91 Å². The van der Waals surface area contributed by atoms with Gasteiger partial charge in [-0.05, 0) is 25.1 Å². The zero-order valence-corrected chi connectivity index (χ0v) is 20.2. The fourth-order valence-electron chi connectivity index (χ4n) is 3.67. The van der Waals surface area contributed by atoms with Crippen molar-refractivity contribution < 1.29 is 24.2 Å². The number of aliphatic hydroxyl groups excluding tert-OH is 1. The first-order valence-electron chi connectivity index (χ1n) is 11.2. The second-order valence-corrected chi connectivity index (χ2v) is 8.55. The van der Waals surface area contributed by atoms with E-state index in [9.17, 15) is 14.7 Å². The number of fused-ring (bicyclic) bond motifs is 1. The van der Waals surface area contributed by atoms with Crippen LogP contribution in [0.1, 0.15) is 42.3 Å². The van der Waals surface area contributed by atoms with Crippen molar-refractivity contribution in [3.8, 4) is 23.5 Å². The Labute approximate surface area is 200 Å². The first-order valence-corrected chi connectivity index (χ1v) is 11.2. The Kier molecular flexibility index (Phi) is 8.13. The standard InChI is InChI=1S/C26H31N3O5/c1-17-14-29(18(2)16-30)26(32)22-12-20(10-11-21-8-6-7-9-23(21)33-5)13-27-25(22)34-24(17)15-28(4)19(3)31/h6-9,12-13,17-18,24,30H,14-16H2,1-5H3/t17-,18-,24+/m0/s1. The van der Waals surface area contributed by atoms with E-state index in [1.54, 1.807) is 43.1 Å². The van der Waals surface area contributed by atoms with Gasteiger partial charge in [-0.1, -0.05) is 30.9 Å². The molecule has 1 N–H and O–H groups in total. The second-order valence-electron chi connectivity index (χ2n) is 8.55. The van der Waals surface area contributed by atoms with Crippen LogP contribution in [0.2, 0.25) is 0 Å². The summed E-state index contributed by atoms with van der Waals surface area (Å²) in [7, 11) is 3.29. The maximum absolute atomic E-state index is 13.5. The third kappa shape index (κ3) is 5.67. The molecule has 180 valence electrons. The van der Waals surface area contributed by atoms with E-state index >= 15 is 0 Å². The minimum atomic E-state index is -0.393. The van der Waals surface area contributed by atoms with E-state index in [-0.39, 0.29) is 41.9 Å². The highest BCUT2D eigenvalue weighted by atomic mass is 16.5. The fourth-order valence-corrected chi connectivity index (χ4v) is 3.67. The third-order valence-corrected chi connectivity index (χ3v) is 5.96. The van der Waals surface area contributed by atoms with E-state index < -0.39 is 6.04 Å². The Morgan fingerprint density at radius 2 is 2.12 bits per heavy atom. The highest BCUT2D eigenvalue weighted by molar-refractivity contribution is 5.97. The Morgan fingerprint density at radius 1 is 1.38 bits per heavy atom. The van der Waals surface area contributed by atoms with E-state index in [2.05, 4.69) is 16.8 Å². The Morgan fingerprint density at radius 3 is 2.79 bits per heavy atom. The number of hydrogen-bond donors (Lipinski definition) is 1. The topological polar surface area (TPSA) is 92.2 Å². The first-order chi connectivity index (χ1) is 16.2. The summed E-state index contributed by atoms with van der Waals surface area (Å²) in [5, 5.41) is 9.77. The van der Waals surface area contributed by atoms with Crippen molar-refractivity contribution in [3.63, 3.8) is 0 Å². The van der Waals surface area contributed by atoms with Crippen LogP contribution in [0.25, 0.3) is 0 Å². The van der Waals surface area contributed by atoms with Gasteiger partial charge in [0.15, 0.2) is 0 Å². The summed E-state index contributed by atoms with van der Waals surface area (Å²) in [6.07, 6.45) is 1.18. The molecule has 2 amide bonds. The third-order valence-electron chi connectivity index (χ3n) is 5.96. The van der Waals surface area contributed by atoms with Crippen molar-refractivity contribution in [3.05, 3.63) is 53.2 Å². The molecule has 3 rings (SSSR count). The number of amides is 2. The number of para-hydroxylation sites is 1. The maximum Gasteiger partial charge on any atom is 0.259 e. The number of rotatable bonds is 5. The predicted octanol–water partition coefficient (Wildman–Crippen LogP) is 2.19. The van der Waals surface area contributed by atoms with Gasteiger partial charge in [0.1, 0.15) is 17.4 Å². The molecule has 2 heterocycles. The molecule has 0 unspecified atom stereocenters. The lowest BCUT2D eigenvalue weighted by Gasteiger charge is -2.37. The number of methoxy groups -OCH3 is 1. The average Bonchev–Trinajstić information content (AvgIpc) is 2.84. The second kappa shape index (κ2) is 11.0. The molecule has 0 fully saturated rings. The van der Waals surface area contributed by atoms with Crippen LogP contribution < -0.4 is 9.47 Å². The lowest BCUT2D eigenvalue weighted by Crippen LogP contribution is -2.50. The molecule has 3 atom stereocenters. The summed E-state index contributed by atoms with van der Waals surface area (Å²) in [6, 6.07) is 8.68.